The summed E-state index contributed by atoms with van der Waals surface area (Å²) in [6.45, 7) is 3.92. The third-order valence-electron chi connectivity index (χ3n) is 5.35. The number of carbonyl (C=O) groups is 1. The van der Waals surface area contributed by atoms with Crippen molar-refractivity contribution >= 4 is 45.9 Å². The zero-order valence-electron chi connectivity index (χ0n) is 15.6. The zero-order valence-corrected chi connectivity index (χ0v) is 18.7. The lowest BCUT2D eigenvalue weighted by Crippen LogP contribution is -2.56. The summed E-state index contributed by atoms with van der Waals surface area (Å²) in [6.07, 6.45) is 5.26. The van der Waals surface area contributed by atoms with Crippen molar-refractivity contribution in [2.75, 3.05) is 52.6 Å². The van der Waals surface area contributed by atoms with E-state index in [4.69, 9.17) is 0 Å². The molecule has 0 radical (unpaired) electrons. The monoisotopic (exact) mass is 499 g/mol. The molecule has 0 aromatic carbocycles. The molecular weight excluding hydrogens is 469 g/mol. The Morgan fingerprint density at radius 1 is 1.15 bits per heavy atom. The standard InChI is InChI=1S/C16H29N5O3S.HI/c1-17-16(19-9-10-21(14-3-4-14)15(22)12-19)18-11-13-5-7-20(8-6-13)25(2,23)24;/h13-14H,3-12H2,1-2H3,(H,17,18);1H. The molecule has 1 N–H and O–H groups in total. The van der Waals surface area contributed by atoms with Gasteiger partial charge >= 0.3 is 0 Å². The SMILES string of the molecule is CN=C(NCC1CCN(S(C)(=O)=O)CC1)N1CCN(C2CC2)C(=O)C1.I. The van der Waals surface area contributed by atoms with Gasteiger partial charge in [0.05, 0.1) is 12.8 Å². The number of piperazine rings is 1. The van der Waals surface area contributed by atoms with Crippen LogP contribution in [0.2, 0.25) is 0 Å². The number of nitrogens with zero attached hydrogens (tertiary/aromatic N) is 4. The zero-order chi connectivity index (χ0) is 18.0. The van der Waals surface area contributed by atoms with Crippen molar-refractivity contribution in [3.8, 4) is 0 Å². The van der Waals surface area contributed by atoms with Crippen LogP contribution in [0.3, 0.4) is 0 Å². The molecule has 150 valence electrons. The van der Waals surface area contributed by atoms with E-state index in [9.17, 15) is 13.2 Å². The molecule has 0 bridgehead atoms. The van der Waals surface area contributed by atoms with E-state index in [0.29, 0.717) is 31.6 Å². The first-order chi connectivity index (χ1) is 11.9. The summed E-state index contributed by atoms with van der Waals surface area (Å²) < 4.78 is 24.7. The Labute approximate surface area is 173 Å². The van der Waals surface area contributed by atoms with Crippen LogP contribution in [0.1, 0.15) is 25.7 Å². The molecule has 3 fully saturated rings. The van der Waals surface area contributed by atoms with Crippen molar-refractivity contribution in [1.29, 1.82) is 0 Å². The van der Waals surface area contributed by atoms with Crippen molar-refractivity contribution in [3.63, 3.8) is 0 Å². The topological polar surface area (TPSA) is 85.3 Å². The first-order valence-corrected chi connectivity index (χ1v) is 10.9. The molecule has 0 aromatic heterocycles. The summed E-state index contributed by atoms with van der Waals surface area (Å²) in [5.74, 6) is 1.39. The largest absolute Gasteiger partial charge is 0.356 e. The highest BCUT2D eigenvalue weighted by Crippen LogP contribution is 2.28. The molecule has 3 aliphatic rings. The van der Waals surface area contributed by atoms with E-state index in [1.807, 2.05) is 9.80 Å². The van der Waals surface area contributed by atoms with Crippen LogP contribution < -0.4 is 5.32 Å². The molecule has 10 heteroatoms. The summed E-state index contributed by atoms with van der Waals surface area (Å²) in [6, 6.07) is 0.477. The summed E-state index contributed by atoms with van der Waals surface area (Å²) in [7, 11) is -1.33. The van der Waals surface area contributed by atoms with Gasteiger partial charge in [-0.05, 0) is 31.6 Å². The third kappa shape index (κ3) is 5.44. The van der Waals surface area contributed by atoms with Gasteiger partial charge in [0.25, 0.3) is 0 Å². The van der Waals surface area contributed by atoms with Crippen molar-refractivity contribution in [3.05, 3.63) is 0 Å². The summed E-state index contributed by atoms with van der Waals surface area (Å²) in [5.41, 5.74) is 0. The van der Waals surface area contributed by atoms with Gasteiger partial charge in [0, 0.05) is 45.8 Å². The Hall–Kier alpha value is -0.620. The lowest BCUT2D eigenvalue weighted by atomic mass is 9.98. The second kappa shape index (κ2) is 9.05. The average Bonchev–Trinajstić information content (AvgIpc) is 3.40. The van der Waals surface area contributed by atoms with Crippen molar-refractivity contribution in [1.82, 2.24) is 19.4 Å². The highest BCUT2D eigenvalue weighted by molar-refractivity contribution is 14.0. The number of halogens is 1. The van der Waals surface area contributed by atoms with Crippen LogP contribution in [0.25, 0.3) is 0 Å². The maximum atomic E-state index is 12.3. The molecule has 0 unspecified atom stereocenters. The number of aliphatic imine (C=N–C) groups is 1. The maximum absolute atomic E-state index is 12.3. The minimum Gasteiger partial charge on any atom is -0.356 e. The molecule has 2 heterocycles. The van der Waals surface area contributed by atoms with Crippen LogP contribution in [0, 0.1) is 5.92 Å². The predicted molar refractivity (Wildman–Crippen MR) is 112 cm³/mol. The molecule has 26 heavy (non-hydrogen) atoms. The molecule has 3 rings (SSSR count). The predicted octanol–water partition coefficient (Wildman–Crippen LogP) is 0.158. The molecule has 2 aliphatic heterocycles. The van der Waals surface area contributed by atoms with Crippen LogP contribution in [-0.2, 0) is 14.8 Å². The van der Waals surface area contributed by atoms with Crippen molar-refractivity contribution in [2.24, 2.45) is 10.9 Å². The number of nitrogens with one attached hydrogen (secondary N) is 1. The van der Waals surface area contributed by atoms with Gasteiger partial charge in [-0.15, -0.1) is 24.0 Å². The number of carbonyl (C=O) groups excluding carboxylic acids is 1. The fourth-order valence-corrected chi connectivity index (χ4v) is 4.53. The lowest BCUT2D eigenvalue weighted by Gasteiger charge is -2.37. The van der Waals surface area contributed by atoms with Gasteiger partial charge in [-0.1, -0.05) is 0 Å². The quantitative estimate of drug-likeness (QED) is 0.339. The first-order valence-electron chi connectivity index (χ1n) is 9.08. The fourth-order valence-electron chi connectivity index (χ4n) is 3.65. The molecule has 0 spiro atoms. The van der Waals surface area contributed by atoms with E-state index in [2.05, 4.69) is 10.3 Å². The minimum absolute atomic E-state index is 0. The van der Waals surface area contributed by atoms with Gasteiger partial charge < -0.3 is 15.1 Å². The lowest BCUT2D eigenvalue weighted by molar-refractivity contribution is -0.135. The molecule has 1 aliphatic carbocycles. The van der Waals surface area contributed by atoms with Crippen LogP contribution in [0.5, 0.6) is 0 Å². The smallest absolute Gasteiger partial charge is 0.242 e. The number of sulfonamides is 1. The maximum Gasteiger partial charge on any atom is 0.242 e. The van der Waals surface area contributed by atoms with Crippen LogP contribution >= 0.6 is 24.0 Å². The number of hydrogen-bond acceptors (Lipinski definition) is 4. The van der Waals surface area contributed by atoms with E-state index in [1.54, 1.807) is 11.4 Å². The second-order valence-corrected chi connectivity index (χ2v) is 9.26. The van der Waals surface area contributed by atoms with Gasteiger partial charge in [-0.25, -0.2) is 12.7 Å². The molecule has 0 aromatic rings. The van der Waals surface area contributed by atoms with Gasteiger partial charge in [0.1, 0.15) is 0 Å². The van der Waals surface area contributed by atoms with Gasteiger partial charge in [0.15, 0.2) is 5.96 Å². The summed E-state index contributed by atoms with van der Waals surface area (Å²) in [4.78, 5) is 20.6. The van der Waals surface area contributed by atoms with Gasteiger partial charge in [0.2, 0.25) is 15.9 Å². The van der Waals surface area contributed by atoms with Crippen LogP contribution in [0.15, 0.2) is 4.99 Å². The van der Waals surface area contributed by atoms with Crippen molar-refractivity contribution in [2.45, 2.75) is 31.7 Å². The molecule has 8 nitrogen and oxygen atoms in total. The molecular formula is C16H30IN5O3S. The molecule has 1 saturated carbocycles. The van der Waals surface area contributed by atoms with E-state index in [-0.39, 0.29) is 29.9 Å². The molecule has 0 atom stereocenters. The van der Waals surface area contributed by atoms with Crippen LogP contribution in [-0.4, -0.2) is 93.0 Å². The number of piperidine rings is 1. The van der Waals surface area contributed by atoms with E-state index >= 15 is 0 Å². The summed E-state index contributed by atoms with van der Waals surface area (Å²) in [5, 5.41) is 3.38. The number of amides is 1. The van der Waals surface area contributed by atoms with Gasteiger partial charge in [-0.3, -0.25) is 9.79 Å². The average molecular weight is 499 g/mol. The number of guanidine groups is 1. The fraction of sp³-hybridized carbons (Fsp3) is 0.875. The Morgan fingerprint density at radius 3 is 2.31 bits per heavy atom. The van der Waals surface area contributed by atoms with Crippen LogP contribution in [0.4, 0.5) is 0 Å². The Morgan fingerprint density at radius 2 is 1.81 bits per heavy atom. The number of rotatable bonds is 4. The van der Waals surface area contributed by atoms with Gasteiger partial charge in [-0.2, -0.15) is 0 Å². The first kappa shape index (κ1) is 21.7. The van der Waals surface area contributed by atoms with E-state index in [0.717, 1.165) is 51.3 Å². The molecule has 2 saturated heterocycles. The number of hydrogen-bond donors (Lipinski definition) is 1. The Kier molecular flexibility index (Phi) is 7.54. The van der Waals surface area contributed by atoms with E-state index in [1.165, 1.54) is 6.26 Å². The van der Waals surface area contributed by atoms with E-state index < -0.39 is 10.0 Å². The Balaban J connectivity index is 0.00000243. The highest BCUT2D eigenvalue weighted by atomic mass is 127. The molecule has 1 amide bonds. The Bertz CT molecular complexity index is 630. The minimum atomic E-state index is -3.08. The normalized spacial score (nSPS) is 23.8. The third-order valence-corrected chi connectivity index (χ3v) is 6.65. The van der Waals surface area contributed by atoms with Crippen molar-refractivity contribution < 1.29 is 13.2 Å². The summed E-state index contributed by atoms with van der Waals surface area (Å²) >= 11 is 0. The second-order valence-electron chi connectivity index (χ2n) is 7.27. The highest BCUT2D eigenvalue weighted by Gasteiger charge is 2.36.